The second-order valence-electron chi connectivity index (χ2n) is 5.58. The fourth-order valence-corrected chi connectivity index (χ4v) is 3.79. The van der Waals surface area contributed by atoms with E-state index in [9.17, 15) is 17.9 Å². The van der Waals surface area contributed by atoms with Gasteiger partial charge in [-0.05, 0) is 49.1 Å². The van der Waals surface area contributed by atoms with Crippen LogP contribution in [0, 0.1) is 11.7 Å². The zero-order valence-corrected chi connectivity index (χ0v) is 13.6. The lowest BCUT2D eigenvalue weighted by atomic mass is 9.95. The van der Waals surface area contributed by atoms with Crippen LogP contribution in [0.2, 0.25) is 5.02 Å². The molecular weight excluding hydrogens is 345 g/mol. The minimum atomic E-state index is -3.93. The fourth-order valence-electron chi connectivity index (χ4n) is 2.45. The van der Waals surface area contributed by atoms with Gasteiger partial charge in [0.2, 0.25) is 10.0 Å². The van der Waals surface area contributed by atoms with Crippen LogP contribution in [0.4, 0.5) is 4.39 Å². The Morgan fingerprint density at radius 3 is 2.70 bits per heavy atom. The summed E-state index contributed by atoms with van der Waals surface area (Å²) < 4.78 is 45.4. The Balaban J connectivity index is 1.81. The van der Waals surface area contributed by atoms with Crippen molar-refractivity contribution in [2.45, 2.75) is 23.3 Å². The van der Waals surface area contributed by atoms with Gasteiger partial charge in [0.15, 0.2) is 0 Å². The molecule has 0 saturated heterocycles. The van der Waals surface area contributed by atoms with E-state index in [0.29, 0.717) is 5.76 Å². The molecule has 2 N–H and O–H groups in total. The first-order valence-corrected chi connectivity index (χ1v) is 8.90. The molecule has 23 heavy (non-hydrogen) atoms. The van der Waals surface area contributed by atoms with Crippen molar-refractivity contribution in [3.63, 3.8) is 0 Å². The van der Waals surface area contributed by atoms with Gasteiger partial charge in [0, 0.05) is 6.54 Å². The topological polar surface area (TPSA) is 79.5 Å². The molecule has 1 aromatic carbocycles. The van der Waals surface area contributed by atoms with Crippen LogP contribution in [0.3, 0.4) is 0 Å². The maximum Gasteiger partial charge on any atom is 0.240 e. The second kappa shape index (κ2) is 5.90. The Bertz CT molecular complexity index is 805. The van der Waals surface area contributed by atoms with Crippen LogP contribution < -0.4 is 4.72 Å². The number of sulfonamides is 1. The van der Waals surface area contributed by atoms with Gasteiger partial charge in [-0.3, -0.25) is 0 Å². The Hall–Kier alpha value is -1.41. The van der Waals surface area contributed by atoms with Crippen LogP contribution in [0.25, 0.3) is 0 Å². The van der Waals surface area contributed by atoms with Gasteiger partial charge in [-0.15, -0.1) is 0 Å². The van der Waals surface area contributed by atoms with Gasteiger partial charge in [0.05, 0.1) is 16.2 Å². The van der Waals surface area contributed by atoms with Crippen molar-refractivity contribution in [3.8, 4) is 0 Å². The van der Waals surface area contributed by atoms with Crippen molar-refractivity contribution >= 4 is 21.6 Å². The number of hydrogen-bond acceptors (Lipinski definition) is 4. The molecule has 0 aliphatic heterocycles. The Labute approximate surface area is 138 Å². The minimum absolute atomic E-state index is 0.0619. The largest absolute Gasteiger partial charge is 0.466 e. The van der Waals surface area contributed by atoms with Crippen LogP contribution in [0.15, 0.2) is 45.9 Å². The molecule has 1 saturated carbocycles. The quantitative estimate of drug-likeness (QED) is 0.831. The van der Waals surface area contributed by atoms with E-state index in [1.807, 2.05) is 0 Å². The van der Waals surface area contributed by atoms with E-state index >= 15 is 0 Å². The Morgan fingerprint density at radius 1 is 1.39 bits per heavy atom. The summed E-state index contributed by atoms with van der Waals surface area (Å²) in [6.45, 7) is -0.234. The predicted molar refractivity (Wildman–Crippen MR) is 81.9 cm³/mol. The van der Waals surface area contributed by atoms with E-state index in [1.54, 1.807) is 12.1 Å². The predicted octanol–water partition coefficient (Wildman–Crippen LogP) is 2.65. The molecular formula is C15H15ClFNO4S. The molecule has 1 aliphatic carbocycles. The van der Waals surface area contributed by atoms with Gasteiger partial charge in [-0.2, -0.15) is 0 Å². The number of aliphatic hydroxyl groups is 1. The average Bonchev–Trinajstić information content (AvgIpc) is 3.23. The van der Waals surface area contributed by atoms with Crippen molar-refractivity contribution in [1.29, 1.82) is 0 Å². The number of halogens is 2. The first-order valence-electron chi connectivity index (χ1n) is 7.04. The number of hydrogen-bond donors (Lipinski definition) is 2. The molecule has 0 bridgehead atoms. The van der Waals surface area contributed by atoms with Crippen molar-refractivity contribution in [3.05, 3.63) is 53.2 Å². The van der Waals surface area contributed by atoms with E-state index in [0.717, 1.165) is 31.0 Å². The molecule has 5 nitrogen and oxygen atoms in total. The lowest BCUT2D eigenvalue weighted by Gasteiger charge is -2.26. The third-order valence-corrected chi connectivity index (χ3v) is 5.62. The highest BCUT2D eigenvalue weighted by Crippen LogP contribution is 2.45. The molecule has 3 rings (SSSR count). The Kier molecular flexibility index (Phi) is 4.22. The molecule has 1 aromatic heterocycles. The third kappa shape index (κ3) is 3.28. The lowest BCUT2D eigenvalue weighted by molar-refractivity contribution is -0.00224. The number of rotatable bonds is 6. The van der Waals surface area contributed by atoms with E-state index in [1.165, 1.54) is 6.26 Å². The monoisotopic (exact) mass is 359 g/mol. The van der Waals surface area contributed by atoms with Crippen LogP contribution in [-0.4, -0.2) is 20.1 Å². The highest BCUT2D eigenvalue weighted by molar-refractivity contribution is 7.89. The first-order chi connectivity index (χ1) is 10.8. The van der Waals surface area contributed by atoms with E-state index in [2.05, 4.69) is 4.72 Å². The van der Waals surface area contributed by atoms with Crippen molar-refractivity contribution < 1.29 is 22.3 Å². The zero-order valence-electron chi connectivity index (χ0n) is 12.0. The van der Waals surface area contributed by atoms with Gasteiger partial charge < -0.3 is 9.52 Å². The third-order valence-electron chi connectivity index (χ3n) is 3.93. The summed E-state index contributed by atoms with van der Waals surface area (Å²) in [6.07, 6.45) is 3.01. The summed E-state index contributed by atoms with van der Waals surface area (Å²) in [5, 5.41) is 10.5. The van der Waals surface area contributed by atoms with Crippen LogP contribution >= 0.6 is 11.6 Å². The maximum atomic E-state index is 13.2. The summed E-state index contributed by atoms with van der Waals surface area (Å²) in [6, 6.07) is 6.38. The van der Waals surface area contributed by atoms with Crippen molar-refractivity contribution in [2.24, 2.45) is 5.92 Å². The molecule has 124 valence electrons. The molecule has 1 fully saturated rings. The van der Waals surface area contributed by atoms with Gasteiger partial charge >= 0.3 is 0 Å². The normalized spacial score (nSPS) is 17.9. The summed E-state index contributed by atoms with van der Waals surface area (Å²) >= 11 is 5.62. The second-order valence-corrected chi connectivity index (χ2v) is 7.75. The minimum Gasteiger partial charge on any atom is -0.466 e. The number of furan rings is 1. The first kappa shape index (κ1) is 16.4. The van der Waals surface area contributed by atoms with Crippen molar-refractivity contribution in [1.82, 2.24) is 4.72 Å². The summed E-state index contributed by atoms with van der Waals surface area (Å²) in [4.78, 5) is -0.165. The van der Waals surface area contributed by atoms with Crippen molar-refractivity contribution in [2.75, 3.05) is 6.54 Å². The SMILES string of the molecule is O=S(=O)(NC[C@@](O)(c1ccco1)C1CC1)c1ccc(F)c(Cl)c1. The number of benzene rings is 1. The summed E-state index contributed by atoms with van der Waals surface area (Å²) in [5.41, 5.74) is -1.40. The highest BCUT2D eigenvalue weighted by Gasteiger charge is 2.47. The van der Waals surface area contributed by atoms with Gasteiger partial charge in [0.25, 0.3) is 0 Å². The van der Waals surface area contributed by atoms with Gasteiger partial charge in [0.1, 0.15) is 17.2 Å². The molecule has 8 heteroatoms. The van der Waals surface area contributed by atoms with Crippen LogP contribution in [-0.2, 0) is 15.6 Å². The lowest BCUT2D eigenvalue weighted by Crippen LogP contribution is -2.42. The van der Waals surface area contributed by atoms with Crippen LogP contribution in [0.1, 0.15) is 18.6 Å². The molecule has 0 spiro atoms. The summed E-state index contributed by atoms with van der Waals surface area (Å²) in [7, 11) is -3.93. The van der Waals surface area contributed by atoms with Gasteiger partial charge in [-0.25, -0.2) is 17.5 Å². The van der Waals surface area contributed by atoms with E-state index < -0.39 is 21.4 Å². The highest BCUT2D eigenvalue weighted by atomic mass is 35.5. The molecule has 0 unspecified atom stereocenters. The Morgan fingerprint density at radius 2 is 2.13 bits per heavy atom. The fraction of sp³-hybridized carbons (Fsp3) is 0.333. The molecule has 0 amide bonds. The smallest absolute Gasteiger partial charge is 0.240 e. The molecule has 0 radical (unpaired) electrons. The zero-order chi connectivity index (χ0) is 16.7. The van der Waals surface area contributed by atoms with Gasteiger partial charge in [-0.1, -0.05) is 11.6 Å². The molecule has 1 heterocycles. The maximum absolute atomic E-state index is 13.2. The standard InChI is InChI=1S/C15H15ClFNO4S/c16-12-8-11(5-6-13(12)17)23(20,21)18-9-15(19,10-3-4-10)14-2-1-7-22-14/h1-2,5-8,10,18-19H,3-4,9H2/t15-/m0/s1. The van der Waals surface area contributed by atoms with Crippen LogP contribution in [0.5, 0.6) is 0 Å². The van der Waals surface area contributed by atoms with E-state index in [-0.39, 0.29) is 22.4 Å². The summed E-state index contributed by atoms with van der Waals surface area (Å²) in [5.74, 6) is -0.441. The molecule has 1 aliphatic rings. The van der Waals surface area contributed by atoms with E-state index in [4.69, 9.17) is 16.0 Å². The average molecular weight is 360 g/mol. The number of nitrogens with one attached hydrogen (secondary N) is 1. The molecule has 2 aromatic rings. The molecule has 1 atom stereocenters.